The minimum Gasteiger partial charge on any atom is -0.477 e. The zero-order chi connectivity index (χ0) is 11.2. The standard InChI is InChI=1S/C10H9BrN2O2/c1-5-3-4-13-8(10(14)15)6(2)12-9(13)7(5)11/h3-4H,1-2H3,(H,14,15). The molecule has 0 fully saturated rings. The van der Waals surface area contributed by atoms with E-state index in [1.54, 1.807) is 17.5 Å². The predicted octanol–water partition coefficient (Wildman–Crippen LogP) is 2.41. The number of carbonyl (C=O) groups is 1. The number of carboxylic acid groups (broad SMARTS) is 1. The fourth-order valence-corrected chi connectivity index (χ4v) is 1.95. The van der Waals surface area contributed by atoms with E-state index in [4.69, 9.17) is 5.11 Å². The first-order valence-corrected chi connectivity index (χ1v) is 5.18. The normalized spacial score (nSPS) is 10.9. The monoisotopic (exact) mass is 268 g/mol. The Kier molecular flexibility index (Phi) is 2.26. The average Bonchev–Trinajstić information content (AvgIpc) is 2.49. The smallest absolute Gasteiger partial charge is 0.354 e. The Balaban J connectivity index is 2.91. The Morgan fingerprint density at radius 1 is 1.53 bits per heavy atom. The highest BCUT2D eigenvalue weighted by molar-refractivity contribution is 9.10. The maximum absolute atomic E-state index is 11.0. The Morgan fingerprint density at radius 3 is 2.80 bits per heavy atom. The molecule has 0 atom stereocenters. The molecule has 0 spiro atoms. The number of aromatic nitrogens is 2. The van der Waals surface area contributed by atoms with Gasteiger partial charge in [0.2, 0.25) is 0 Å². The Hall–Kier alpha value is -1.36. The van der Waals surface area contributed by atoms with Gasteiger partial charge in [0.1, 0.15) is 0 Å². The van der Waals surface area contributed by atoms with Crippen molar-refractivity contribution in [2.75, 3.05) is 0 Å². The van der Waals surface area contributed by atoms with E-state index in [0.29, 0.717) is 11.3 Å². The van der Waals surface area contributed by atoms with E-state index >= 15 is 0 Å². The molecule has 2 heterocycles. The van der Waals surface area contributed by atoms with Gasteiger partial charge in [-0.3, -0.25) is 4.40 Å². The summed E-state index contributed by atoms with van der Waals surface area (Å²) in [7, 11) is 0. The summed E-state index contributed by atoms with van der Waals surface area (Å²) in [6, 6.07) is 1.85. The molecule has 0 amide bonds. The molecule has 0 unspecified atom stereocenters. The van der Waals surface area contributed by atoms with Gasteiger partial charge in [-0.25, -0.2) is 9.78 Å². The van der Waals surface area contributed by atoms with Crippen LogP contribution in [0, 0.1) is 13.8 Å². The summed E-state index contributed by atoms with van der Waals surface area (Å²) < 4.78 is 2.41. The quantitative estimate of drug-likeness (QED) is 0.864. The van der Waals surface area contributed by atoms with Crippen LogP contribution in [0.3, 0.4) is 0 Å². The summed E-state index contributed by atoms with van der Waals surface area (Å²) in [6.45, 7) is 3.63. The molecule has 0 aliphatic carbocycles. The number of hydrogen-bond donors (Lipinski definition) is 1. The van der Waals surface area contributed by atoms with Gasteiger partial charge >= 0.3 is 5.97 Å². The number of fused-ring (bicyclic) bond motifs is 1. The number of hydrogen-bond acceptors (Lipinski definition) is 2. The molecule has 0 radical (unpaired) electrons. The lowest BCUT2D eigenvalue weighted by molar-refractivity contribution is 0.0688. The van der Waals surface area contributed by atoms with Crippen LogP contribution in [-0.4, -0.2) is 20.5 Å². The van der Waals surface area contributed by atoms with Crippen LogP contribution in [-0.2, 0) is 0 Å². The number of nitrogens with zero attached hydrogens (tertiary/aromatic N) is 2. The fraction of sp³-hybridized carbons (Fsp3) is 0.200. The number of imidazole rings is 1. The Labute approximate surface area is 94.7 Å². The van der Waals surface area contributed by atoms with Crippen molar-refractivity contribution in [2.24, 2.45) is 0 Å². The van der Waals surface area contributed by atoms with Crippen LogP contribution in [0.15, 0.2) is 16.7 Å². The second-order valence-electron chi connectivity index (χ2n) is 3.36. The molecule has 2 aromatic heterocycles. The van der Waals surface area contributed by atoms with Gasteiger partial charge in [0.05, 0.1) is 10.2 Å². The SMILES string of the molecule is Cc1ccn2c(C(=O)O)c(C)nc2c1Br. The van der Waals surface area contributed by atoms with Gasteiger partial charge in [-0.05, 0) is 41.4 Å². The molecular formula is C10H9BrN2O2. The third-order valence-electron chi connectivity index (χ3n) is 2.30. The third-order valence-corrected chi connectivity index (χ3v) is 3.28. The van der Waals surface area contributed by atoms with Gasteiger partial charge in [0.15, 0.2) is 11.3 Å². The van der Waals surface area contributed by atoms with Crippen molar-refractivity contribution in [2.45, 2.75) is 13.8 Å². The van der Waals surface area contributed by atoms with Crippen molar-refractivity contribution in [3.05, 3.63) is 33.7 Å². The second kappa shape index (κ2) is 3.34. The predicted molar refractivity (Wildman–Crippen MR) is 59.3 cm³/mol. The van der Waals surface area contributed by atoms with Gasteiger partial charge in [-0.1, -0.05) is 0 Å². The van der Waals surface area contributed by atoms with E-state index in [-0.39, 0.29) is 5.69 Å². The first-order chi connectivity index (χ1) is 7.02. The largest absolute Gasteiger partial charge is 0.477 e. The van der Waals surface area contributed by atoms with Gasteiger partial charge in [-0.15, -0.1) is 0 Å². The van der Waals surface area contributed by atoms with Crippen molar-refractivity contribution in [3.63, 3.8) is 0 Å². The lowest BCUT2D eigenvalue weighted by Gasteiger charge is -2.01. The van der Waals surface area contributed by atoms with E-state index in [1.807, 2.05) is 13.0 Å². The van der Waals surface area contributed by atoms with Crippen LogP contribution in [0.2, 0.25) is 0 Å². The second-order valence-corrected chi connectivity index (χ2v) is 4.15. The maximum atomic E-state index is 11.0. The van der Waals surface area contributed by atoms with Crippen molar-refractivity contribution in [1.29, 1.82) is 0 Å². The average molecular weight is 269 g/mol. The van der Waals surface area contributed by atoms with Crippen LogP contribution in [0.5, 0.6) is 0 Å². The molecule has 0 bridgehead atoms. The molecule has 78 valence electrons. The minimum absolute atomic E-state index is 0.214. The molecule has 2 rings (SSSR count). The molecule has 0 aliphatic heterocycles. The van der Waals surface area contributed by atoms with E-state index in [9.17, 15) is 4.79 Å². The van der Waals surface area contributed by atoms with E-state index in [0.717, 1.165) is 10.0 Å². The Bertz CT molecular complexity index is 560. The fourth-order valence-electron chi connectivity index (χ4n) is 1.54. The van der Waals surface area contributed by atoms with Crippen LogP contribution in [0.25, 0.3) is 5.65 Å². The third kappa shape index (κ3) is 1.43. The molecule has 15 heavy (non-hydrogen) atoms. The van der Waals surface area contributed by atoms with Crippen molar-refractivity contribution < 1.29 is 9.90 Å². The van der Waals surface area contributed by atoms with Gasteiger partial charge < -0.3 is 5.11 Å². The zero-order valence-corrected chi connectivity index (χ0v) is 9.87. The first-order valence-electron chi connectivity index (χ1n) is 4.39. The van der Waals surface area contributed by atoms with Crippen LogP contribution < -0.4 is 0 Å². The van der Waals surface area contributed by atoms with Crippen molar-refractivity contribution in [1.82, 2.24) is 9.38 Å². The molecule has 0 saturated carbocycles. The van der Waals surface area contributed by atoms with E-state index < -0.39 is 5.97 Å². The van der Waals surface area contributed by atoms with Crippen LogP contribution in [0.4, 0.5) is 0 Å². The number of carboxylic acids is 1. The van der Waals surface area contributed by atoms with Gasteiger partial charge in [0.25, 0.3) is 0 Å². The van der Waals surface area contributed by atoms with Crippen molar-refractivity contribution in [3.8, 4) is 0 Å². The summed E-state index contributed by atoms with van der Waals surface area (Å²) in [6.07, 6.45) is 1.72. The van der Waals surface area contributed by atoms with Crippen LogP contribution >= 0.6 is 15.9 Å². The van der Waals surface area contributed by atoms with Gasteiger partial charge in [0, 0.05) is 6.20 Å². The molecule has 4 nitrogen and oxygen atoms in total. The highest BCUT2D eigenvalue weighted by Crippen LogP contribution is 2.23. The summed E-state index contributed by atoms with van der Waals surface area (Å²) in [5.74, 6) is -0.962. The molecule has 5 heteroatoms. The van der Waals surface area contributed by atoms with Crippen LogP contribution in [0.1, 0.15) is 21.7 Å². The number of aryl methyl sites for hydroxylation is 2. The Morgan fingerprint density at radius 2 is 2.20 bits per heavy atom. The van der Waals surface area contributed by atoms with Gasteiger partial charge in [-0.2, -0.15) is 0 Å². The molecule has 0 saturated heterocycles. The van der Waals surface area contributed by atoms with E-state index in [1.165, 1.54) is 0 Å². The minimum atomic E-state index is -0.962. The molecular weight excluding hydrogens is 260 g/mol. The molecule has 0 aliphatic rings. The number of halogens is 1. The highest BCUT2D eigenvalue weighted by Gasteiger charge is 2.17. The molecule has 0 aromatic carbocycles. The topological polar surface area (TPSA) is 54.6 Å². The zero-order valence-electron chi connectivity index (χ0n) is 8.28. The molecule has 2 aromatic rings. The summed E-state index contributed by atoms with van der Waals surface area (Å²) in [5.41, 5.74) is 2.41. The number of rotatable bonds is 1. The highest BCUT2D eigenvalue weighted by atomic mass is 79.9. The lowest BCUT2D eigenvalue weighted by atomic mass is 10.3. The molecule has 1 N–H and O–H groups in total. The number of pyridine rings is 1. The van der Waals surface area contributed by atoms with Crippen molar-refractivity contribution >= 4 is 27.5 Å². The van der Waals surface area contributed by atoms with E-state index in [2.05, 4.69) is 20.9 Å². The first kappa shape index (κ1) is 10.2. The summed E-state index contributed by atoms with van der Waals surface area (Å²) in [4.78, 5) is 15.2. The lowest BCUT2D eigenvalue weighted by Crippen LogP contribution is -2.03. The maximum Gasteiger partial charge on any atom is 0.354 e. The summed E-state index contributed by atoms with van der Waals surface area (Å²) >= 11 is 3.40. The number of aromatic carboxylic acids is 1. The summed E-state index contributed by atoms with van der Waals surface area (Å²) in [5, 5.41) is 9.04.